The Hall–Kier alpha value is -2.92. The Labute approximate surface area is 246 Å². The molecule has 2 aromatic rings. The maximum Gasteiger partial charge on any atom is 1.00 e. The van der Waals surface area contributed by atoms with Gasteiger partial charge in [-0.2, -0.15) is 5.10 Å². The van der Waals surface area contributed by atoms with E-state index in [9.17, 15) is 43.0 Å². The van der Waals surface area contributed by atoms with Gasteiger partial charge in [0, 0.05) is 0 Å². The van der Waals surface area contributed by atoms with Crippen LogP contribution in [0.4, 0.5) is 20.2 Å². The molecule has 0 atom stereocenters. The van der Waals surface area contributed by atoms with Gasteiger partial charge in [-0.15, -0.1) is 0 Å². The molecule has 184 valence electrons. The van der Waals surface area contributed by atoms with Crippen molar-refractivity contribution >= 4 is 46.7 Å². The zero-order valence-corrected chi connectivity index (χ0v) is 22.2. The molecule has 2 rings (SSSR count). The number of nitrogen functional groups attached to an aromatic ring is 1. The van der Waals surface area contributed by atoms with Crippen LogP contribution in [0, 0.1) is 11.6 Å². The van der Waals surface area contributed by atoms with Crippen LogP contribution in [0.3, 0.4) is 0 Å². The number of rotatable bonds is 7. The summed E-state index contributed by atoms with van der Waals surface area (Å²) in [7, 11) is 0. The Morgan fingerprint density at radius 1 is 0.778 bits per heavy atom. The molecule has 17 heteroatoms. The molecule has 0 unspecified atom stereocenters. The minimum Gasteiger partial charge on any atom is -0.541 e. The summed E-state index contributed by atoms with van der Waals surface area (Å²) < 4.78 is 25.5. The Bertz CT molecular complexity index is 1040. The van der Waals surface area contributed by atoms with Crippen molar-refractivity contribution in [2.24, 2.45) is 10.9 Å². The van der Waals surface area contributed by atoms with Gasteiger partial charge in [0.1, 0.15) is 23.6 Å². The van der Waals surface area contributed by atoms with E-state index >= 15 is 0 Å². The number of hydrazone groups is 1. The molecule has 0 saturated heterocycles. The van der Waals surface area contributed by atoms with Gasteiger partial charge in [0.05, 0.1) is 11.4 Å². The minimum atomic E-state index is -2.26. The number of carboxylic acid groups (broad SMARTS) is 4. The van der Waals surface area contributed by atoms with E-state index in [1.807, 2.05) is 5.43 Å². The van der Waals surface area contributed by atoms with Crippen molar-refractivity contribution in [2.75, 3.05) is 10.9 Å². The summed E-state index contributed by atoms with van der Waals surface area (Å²) in [4.78, 5) is 48.8. The van der Waals surface area contributed by atoms with Gasteiger partial charge >= 0.3 is 71.1 Å². The Balaban J connectivity index is -0.000000221. The number of anilines is 2. The van der Waals surface area contributed by atoms with Crippen molar-refractivity contribution < 1.29 is 112 Å². The minimum absolute atomic E-state index is 0. The van der Waals surface area contributed by atoms with Crippen LogP contribution in [-0.4, -0.2) is 45.6 Å². The fraction of sp³-hybridized carbons (Fsp3) is 0.0526. The van der Waals surface area contributed by atoms with Gasteiger partial charge in [0.2, 0.25) is 5.78 Å². The van der Waals surface area contributed by atoms with E-state index in [0.29, 0.717) is 5.69 Å². The van der Waals surface area contributed by atoms with Crippen LogP contribution in [0.5, 0.6) is 0 Å². The van der Waals surface area contributed by atoms with Gasteiger partial charge in [-0.1, -0.05) is 31.7 Å². The molecule has 0 fully saturated rings. The molecule has 2 aromatic carbocycles. The van der Waals surface area contributed by atoms with E-state index < -0.39 is 41.2 Å². The zero-order chi connectivity index (χ0) is 25.6. The summed E-state index contributed by atoms with van der Waals surface area (Å²) in [6, 6.07) is 11.6. The molecule has 0 aliphatic carbocycles. The summed E-state index contributed by atoms with van der Waals surface area (Å²) in [5, 5.41) is 38.5. The number of aliphatic carboxylic acids is 4. The van der Waals surface area contributed by atoms with Gasteiger partial charge in [-0.3, -0.25) is 16.1 Å². The first kappa shape index (κ1) is 40.3. The molecule has 0 aromatic heterocycles. The van der Waals surface area contributed by atoms with E-state index in [-0.39, 0.29) is 78.0 Å². The molecule has 0 heterocycles. The van der Waals surface area contributed by atoms with Crippen molar-refractivity contribution in [3.63, 3.8) is 0 Å². The number of hydrogen-bond acceptors (Lipinski definition) is 11. The molecule has 0 amide bonds. The van der Waals surface area contributed by atoms with Gasteiger partial charge in [-0.05, 0) is 24.3 Å². The van der Waals surface area contributed by atoms with Crippen molar-refractivity contribution in [3.8, 4) is 0 Å². The molecule has 6 N–H and O–H groups in total. The molecule has 0 saturated carbocycles. The predicted octanol–water partition coefficient (Wildman–Crippen LogP) is -7.43. The number of hydrogen-bond donors (Lipinski definition) is 5. The maximum absolute atomic E-state index is 13.0. The number of carboxylic acids is 4. The van der Waals surface area contributed by atoms with Crippen LogP contribution in [0.1, 0.15) is 7.43 Å². The van der Waals surface area contributed by atoms with E-state index in [4.69, 9.17) is 16.1 Å². The smallest absolute Gasteiger partial charge is 0.541 e. The van der Waals surface area contributed by atoms with E-state index in [1.165, 1.54) is 24.3 Å². The second kappa shape index (κ2) is 21.4. The van der Waals surface area contributed by atoms with Gasteiger partial charge in [-0.25, -0.2) is 18.4 Å². The zero-order valence-electron chi connectivity index (χ0n) is 18.2. The predicted molar refractivity (Wildman–Crippen MR) is 109 cm³/mol. The third-order valence-electron chi connectivity index (χ3n) is 2.97. The molecule has 36 heavy (non-hydrogen) atoms. The monoisotopic (exact) mass is 530 g/mol. The van der Waals surface area contributed by atoms with Crippen LogP contribution in [-0.2, 0) is 24.0 Å². The molecule has 0 aliphatic heterocycles. The van der Waals surface area contributed by atoms with Crippen molar-refractivity contribution in [1.82, 2.24) is 0 Å². The van der Waals surface area contributed by atoms with Gasteiger partial charge in [0.15, 0.2) is 0 Å². The topological polar surface area (TPSA) is 234 Å². The molecular formula is C19H18F2N4Na2O9. The number of benzene rings is 2. The molecule has 0 radical (unpaired) electrons. The molecule has 0 spiro atoms. The van der Waals surface area contributed by atoms with E-state index in [2.05, 4.69) is 10.5 Å². The number of nitrogens with one attached hydrogen (secondary N) is 2. The number of halogens is 2. The molecule has 13 nitrogen and oxygen atoms in total. The van der Waals surface area contributed by atoms with Crippen LogP contribution in [0.15, 0.2) is 53.6 Å². The van der Waals surface area contributed by atoms with Gasteiger partial charge < -0.3 is 35.4 Å². The Kier molecular flexibility index (Phi) is 23.9. The third-order valence-corrected chi connectivity index (χ3v) is 2.97. The Morgan fingerprint density at radius 3 is 1.39 bits per heavy atom. The summed E-state index contributed by atoms with van der Waals surface area (Å²) in [6.45, 7) is 0. The first-order valence-corrected chi connectivity index (χ1v) is 8.14. The third kappa shape index (κ3) is 15.9. The second-order valence-electron chi connectivity index (χ2n) is 5.19. The normalized spacial score (nSPS) is 8.19. The van der Waals surface area contributed by atoms with Gasteiger partial charge in [0.25, 0.3) is 5.71 Å². The molecule has 0 bridgehead atoms. The average Bonchev–Trinajstić information content (AvgIpc) is 2.75. The fourth-order valence-corrected chi connectivity index (χ4v) is 1.52. The van der Waals surface area contributed by atoms with Crippen molar-refractivity contribution in [1.29, 1.82) is 0 Å². The second-order valence-corrected chi connectivity index (χ2v) is 5.19. The van der Waals surface area contributed by atoms with E-state index in [1.54, 1.807) is 18.2 Å². The first-order valence-electron chi connectivity index (χ1n) is 8.14. The number of para-hydroxylation sites is 2. The summed E-state index contributed by atoms with van der Waals surface area (Å²) in [5.74, 6) is -6.02. The number of carbonyl (C=O) groups is 5. The SMILES string of the molecule is C.NNc1ccccc1F.O=C(O)C(=NNc1ccccc1F)C(=O)O.O=C([O-])C(=O)C(=O)[O-].[Na+].[Na+]. The number of nitrogens with zero attached hydrogens (tertiary/aromatic N) is 1. The van der Waals surface area contributed by atoms with Crippen molar-refractivity contribution in [2.45, 2.75) is 7.43 Å². The number of Topliss-reactive ketones (excluding diaryl/α,β-unsaturated/α-hetero) is 1. The average molecular weight is 530 g/mol. The van der Waals surface area contributed by atoms with Crippen molar-refractivity contribution in [3.05, 3.63) is 60.2 Å². The number of hydrazine groups is 1. The number of ketones is 1. The molecular weight excluding hydrogens is 512 g/mol. The maximum atomic E-state index is 13.0. The summed E-state index contributed by atoms with van der Waals surface area (Å²) >= 11 is 0. The standard InChI is InChI=1S/C9H7FN2O4.C6H7FN2.C3H2O5.CH4.2Na/c10-5-3-1-2-4-6(5)11-12-7(8(13)14)9(15)16;7-5-3-1-2-4-6(5)9-8;4-1(2(5)6)3(7)8;;;/h1-4,11H,(H,13,14)(H,15,16);1-4,9H,8H2;(H,5,6)(H,7,8);1H4;;/q;;;;2*+1/p-2. The summed E-state index contributed by atoms with van der Waals surface area (Å²) in [5.41, 5.74) is 3.33. The Morgan fingerprint density at radius 2 is 1.14 bits per heavy atom. The van der Waals surface area contributed by atoms with Crippen LogP contribution >= 0.6 is 0 Å². The van der Waals surface area contributed by atoms with Crippen LogP contribution < -0.4 is 86.0 Å². The number of nitrogens with two attached hydrogens (primary N) is 1. The number of carbonyl (C=O) groups excluding carboxylic acids is 3. The van der Waals surface area contributed by atoms with E-state index in [0.717, 1.165) is 6.07 Å². The quantitative estimate of drug-likeness (QED) is 0.0561. The first-order chi connectivity index (χ1) is 15.4. The summed E-state index contributed by atoms with van der Waals surface area (Å²) in [6.07, 6.45) is 0. The largest absolute Gasteiger partial charge is 1.00 e. The van der Waals surface area contributed by atoms with Crippen LogP contribution in [0.25, 0.3) is 0 Å². The molecule has 0 aliphatic rings. The van der Waals surface area contributed by atoms with Crippen LogP contribution in [0.2, 0.25) is 0 Å². The fourth-order valence-electron chi connectivity index (χ4n) is 1.52.